The Morgan fingerprint density at radius 2 is 1.72 bits per heavy atom. The van der Waals surface area contributed by atoms with Gasteiger partial charge < -0.3 is 10.2 Å². The van der Waals surface area contributed by atoms with Crippen molar-refractivity contribution >= 4 is 15.9 Å². The molecule has 32 heavy (non-hydrogen) atoms. The fourth-order valence-corrected chi connectivity index (χ4v) is 5.87. The summed E-state index contributed by atoms with van der Waals surface area (Å²) in [5, 5.41) is 2.32. The molecule has 0 unspecified atom stereocenters. The minimum atomic E-state index is -4.73. The molecule has 3 rings (SSSR count). The first-order valence-corrected chi connectivity index (χ1v) is 12.5. The van der Waals surface area contributed by atoms with E-state index in [0.29, 0.717) is 31.8 Å². The molecule has 0 aromatic heterocycles. The van der Waals surface area contributed by atoms with Gasteiger partial charge in [-0.2, -0.15) is 13.2 Å². The molecule has 1 aromatic carbocycles. The fraction of sp³-hybridized carbons (Fsp3) is 0.667. The molecule has 180 valence electrons. The van der Waals surface area contributed by atoms with E-state index in [2.05, 4.69) is 14.9 Å². The predicted molar refractivity (Wildman–Crippen MR) is 112 cm³/mol. The maximum absolute atomic E-state index is 13.5. The van der Waals surface area contributed by atoms with Crippen molar-refractivity contribution in [2.45, 2.75) is 50.0 Å². The van der Waals surface area contributed by atoms with E-state index in [1.165, 1.54) is 0 Å². The van der Waals surface area contributed by atoms with Gasteiger partial charge in [0.15, 0.2) is 0 Å². The van der Waals surface area contributed by atoms with Crippen molar-refractivity contribution in [3.8, 4) is 0 Å². The lowest BCUT2D eigenvalue weighted by Crippen LogP contribution is -2.43. The molecular weight excluding hydrogens is 450 g/mol. The monoisotopic (exact) mass is 479 g/mol. The number of carbonyl (C=O) groups is 1. The van der Waals surface area contributed by atoms with Crippen LogP contribution in [0, 0.1) is 11.7 Å². The molecule has 0 spiro atoms. The van der Waals surface area contributed by atoms with Gasteiger partial charge in [0.25, 0.3) is 5.91 Å². The Balaban J connectivity index is 1.39. The van der Waals surface area contributed by atoms with Gasteiger partial charge in [-0.1, -0.05) is 12.8 Å². The second-order valence-electron chi connectivity index (χ2n) is 8.57. The number of rotatable bonds is 8. The Hall–Kier alpha value is -1.72. The highest BCUT2D eigenvalue weighted by molar-refractivity contribution is 7.90. The van der Waals surface area contributed by atoms with Gasteiger partial charge in [0, 0.05) is 25.2 Å². The smallest absolute Gasteiger partial charge is 0.352 e. The minimum absolute atomic E-state index is 0.154. The third-order valence-corrected chi connectivity index (χ3v) is 8.17. The number of benzene rings is 1. The molecule has 11 heteroatoms. The highest BCUT2D eigenvalue weighted by Gasteiger charge is 2.32. The van der Waals surface area contributed by atoms with Crippen molar-refractivity contribution in [3.05, 3.63) is 35.1 Å². The summed E-state index contributed by atoms with van der Waals surface area (Å²) < 4.78 is 79.1. The van der Waals surface area contributed by atoms with Crippen LogP contribution in [0.2, 0.25) is 0 Å². The number of hydrogen-bond donors (Lipinski definition) is 2. The molecule has 0 bridgehead atoms. The number of alkyl halides is 3. The van der Waals surface area contributed by atoms with Crippen molar-refractivity contribution < 1.29 is 30.8 Å². The third-order valence-electron chi connectivity index (χ3n) is 6.22. The number of likely N-dealkylation sites (tertiary alicyclic amines) is 1. The number of sulfonamides is 1. The number of nitrogens with one attached hydrogen (secondary N) is 2. The summed E-state index contributed by atoms with van der Waals surface area (Å²) in [6.45, 7) is 2.74. The molecule has 1 aliphatic carbocycles. The van der Waals surface area contributed by atoms with E-state index in [9.17, 15) is 30.8 Å². The number of nitrogens with zero attached hydrogens (tertiary/aromatic N) is 1. The zero-order valence-electron chi connectivity index (χ0n) is 17.8. The average Bonchev–Trinajstić information content (AvgIpc) is 3.28. The van der Waals surface area contributed by atoms with Gasteiger partial charge in [-0.25, -0.2) is 17.5 Å². The van der Waals surface area contributed by atoms with Gasteiger partial charge in [0.1, 0.15) is 5.82 Å². The van der Waals surface area contributed by atoms with E-state index in [4.69, 9.17) is 0 Å². The van der Waals surface area contributed by atoms with Gasteiger partial charge in [0.2, 0.25) is 10.0 Å². The van der Waals surface area contributed by atoms with Crippen molar-refractivity contribution in [1.29, 1.82) is 0 Å². The zero-order valence-corrected chi connectivity index (χ0v) is 18.6. The first-order valence-electron chi connectivity index (χ1n) is 10.9. The molecule has 1 saturated carbocycles. The van der Waals surface area contributed by atoms with Crippen LogP contribution in [-0.2, 0) is 16.2 Å². The van der Waals surface area contributed by atoms with Gasteiger partial charge in [-0.15, -0.1) is 0 Å². The van der Waals surface area contributed by atoms with Gasteiger partial charge in [0.05, 0.1) is 10.8 Å². The Morgan fingerprint density at radius 1 is 1.06 bits per heavy atom. The lowest BCUT2D eigenvalue weighted by atomic mass is 9.96. The molecule has 2 N–H and O–H groups in total. The van der Waals surface area contributed by atoms with Crippen LogP contribution in [0.4, 0.5) is 17.6 Å². The molecule has 1 aromatic rings. The standard InChI is InChI=1S/C21H29F4N3O3S/c22-18-12-16(11-17(13-18)21(23,24)25)20(29)26-14-15-5-8-28(9-6-15)10-7-27-32(30,31)19-3-1-2-4-19/h11-13,15,19,27H,1-10,14H2,(H,26,29). The van der Waals surface area contributed by atoms with E-state index < -0.39 is 33.5 Å². The summed E-state index contributed by atoms with van der Waals surface area (Å²) >= 11 is 0. The normalized spacial score (nSPS) is 19.4. The van der Waals surface area contributed by atoms with Gasteiger partial charge >= 0.3 is 6.18 Å². The van der Waals surface area contributed by atoms with Crippen LogP contribution in [0.3, 0.4) is 0 Å². The second-order valence-corrected chi connectivity index (χ2v) is 10.6. The van der Waals surface area contributed by atoms with E-state index >= 15 is 0 Å². The highest BCUT2D eigenvalue weighted by atomic mass is 32.2. The lowest BCUT2D eigenvalue weighted by molar-refractivity contribution is -0.137. The molecule has 6 nitrogen and oxygen atoms in total. The number of carbonyl (C=O) groups excluding carboxylic acids is 1. The topological polar surface area (TPSA) is 78.5 Å². The van der Waals surface area contributed by atoms with Crippen LogP contribution < -0.4 is 10.0 Å². The van der Waals surface area contributed by atoms with Crippen LogP contribution in [0.25, 0.3) is 0 Å². The molecule has 0 atom stereocenters. The lowest BCUT2D eigenvalue weighted by Gasteiger charge is -2.32. The maximum Gasteiger partial charge on any atom is 0.416 e. The number of amides is 1. The Kier molecular flexibility index (Phi) is 8.16. The van der Waals surface area contributed by atoms with Crippen LogP contribution in [0.1, 0.15) is 54.4 Å². The molecule has 2 aliphatic rings. The number of hydrogen-bond acceptors (Lipinski definition) is 4. The predicted octanol–water partition coefficient (Wildman–Crippen LogP) is 3.15. The van der Waals surface area contributed by atoms with Gasteiger partial charge in [-0.05, 0) is 62.9 Å². The van der Waals surface area contributed by atoms with E-state index in [1.54, 1.807) is 0 Å². The summed E-state index contributed by atoms with van der Waals surface area (Å²) in [5.74, 6) is -1.69. The molecule has 1 amide bonds. The summed E-state index contributed by atoms with van der Waals surface area (Å²) in [5.41, 5.74) is -1.55. The molecular formula is C21H29F4N3O3S. The number of piperidine rings is 1. The van der Waals surface area contributed by atoms with Crippen LogP contribution in [-0.4, -0.2) is 57.2 Å². The largest absolute Gasteiger partial charge is 0.416 e. The Labute approximate surface area is 185 Å². The van der Waals surface area contributed by atoms with E-state index in [-0.39, 0.29) is 16.7 Å². The second kappa shape index (κ2) is 10.5. The van der Waals surface area contributed by atoms with Crippen molar-refractivity contribution in [3.63, 3.8) is 0 Å². The molecule has 1 heterocycles. The Morgan fingerprint density at radius 3 is 2.34 bits per heavy atom. The van der Waals surface area contributed by atoms with Crippen LogP contribution in [0.5, 0.6) is 0 Å². The van der Waals surface area contributed by atoms with Crippen LogP contribution >= 0.6 is 0 Å². The van der Waals surface area contributed by atoms with Crippen molar-refractivity contribution in [1.82, 2.24) is 14.9 Å². The molecule has 2 fully saturated rings. The summed E-state index contributed by atoms with van der Waals surface area (Å²) in [4.78, 5) is 14.4. The summed E-state index contributed by atoms with van der Waals surface area (Å²) in [7, 11) is -3.25. The van der Waals surface area contributed by atoms with Gasteiger partial charge in [-0.3, -0.25) is 4.79 Å². The fourth-order valence-electron chi connectivity index (χ4n) is 4.30. The average molecular weight is 480 g/mol. The maximum atomic E-state index is 13.5. The third kappa shape index (κ3) is 6.89. The molecule has 1 saturated heterocycles. The summed E-state index contributed by atoms with van der Waals surface area (Å²) in [6, 6.07) is 1.80. The van der Waals surface area contributed by atoms with Crippen molar-refractivity contribution in [2.75, 3.05) is 32.7 Å². The first-order chi connectivity index (χ1) is 15.0. The van der Waals surface area contributed by atoms with E-state index in [1.807, 2.05) is 0 Å². The number of halogens is 4. The zero-order chi connectivity index (χ0) is 23.4. The molecule has 1 aliphatic heterocycles. The van der Waals surface area contributed by atoms with E-state index in [0.717, 1.165) is 57.7 Å². The molecule has 0 radical (unpaired) electrons. The highest BCUT2D eigenvalue weighted by Crippen LogP contribution is 2.30. The Bertz CT molecular complexity index is 894. The van der Waals surface area contributed by atoms with Crippen molar-refractivity contribution in [2.24, 2.45) is 5.92 Å². The quantitative estimate of drug-likeness (QED) is 0.562. The first kappa shape index (κ1) is 24.9. The SMILES string of the molecule is O=C(NCC1CCN(CCNS(=O)(=O)C2CCCC2)CC1)c1cc(F)cc(C(F)(F)F)c1. The summed E-state index contributed by atoms with van der Waals surface area (Å²) in [6.07, 6.45) is 0.171. The minimum Gasteiger partial charge on any atom is -0.352 e. The van der Waals surface area contributed by atoms with Crippen LogP contribution in [0.15, 0.2) is 18.2 Å².